The Morgan fingerprint density at radius 3 is 2.90 bits per heavy atom. The highest BCUT2D eigenvalue weighted by atomic mass is 35.5. The van der Waals surface area contributed by atoms with Crippen LogP contribution < -0.4 is 10.1 Å². The van der Waals surface area contributed by atoms with Gasteiger partial charge in [0.1, 0.15) is 5.75 Å². The molecule has 2 atom stereocenters. The lowest BCUT2D eigenvalue weighted by Crippen LogP contribution is -2.27. The minimum Gasteiger partial charge on any atom is -0.496 e. The summed E-state index contributed by atoms with van der Waals surface area (Å²) >= 11 is 6.23. The average molecular weight is 297 g/mol. The van der Waals surface area contributed by atoms with Crippen molar-refractivity contribution >= 4 is 11.6 Å². The third-order valence-corrected chi connectivity index (χ3v) is 4.59. The fraction of sp³-hybridized carbons (Fsp3) is 0.688. The zero-order valence-corrected chi connectivity index (χ0v) is 13.5. The SMILES string of the molecule is COc1c(C)cnc(CNCC2CCCC(Cl)C2)c1C. The number of aromatic nitrogens is 1. The molecule has 1 N–H and O–H groups in total. The quantitative estimate of drug-likeness (QED) is 0.843. The van der Waals surface area contributed by atoms with Gasteiger partial charge in [-0.15, -0.1) is 11.6 Å². The lowest BCUT2D eigenvalue weighted by atomic mass is 9.89. The monoisotopic (exact) mass is 296 g/mol. The molecule has 1 aliphatic carbocycles. The summed E-state index contributed by atoms with van der Waals surface area (Å²) in [7, 11) is 1.72. The molecule has 0 aliphatic heterocycles. The molecule has 2 rings (SSSR count). The van der Waals surface area contributed by atoms with E-state index in [0.717, 1.165) is 42.1 Å². The third kappa shape index (κ3) is 3.86. The second-order valence-corrected chi connectivity index (χ2v) is 6.42. The topological polar surface area (TPSA) is 34.1 Å². The zero-order valence-electron chi connectivity index (χ0n) is 12.7. The van der Waals surface area contributed by atoms with Crippen LogP contribution in [0, 0.1) is 19.8 Å². The number of aryl methyl sites for hydroxylation is 1. The first-order valence-electron chi connectivity index (χ1n) is 7.45. The van der Waals surface area contributed by atoms with Gasteiger partial charge in [0.15, 0.2) is 0 Å². The first-order chi connectivity index (χ1) is 9.61. The van der Waals surface area contributed by atoms with Gasteiger partial charge in [0.2, 0.25) is 0 Å². The molecule has 0 spiro atoms. The normalized spacial score (nSPS) is 22.8. The van der Waals surface area contributed by atoms with Gasteiger partial charge in [-0.2, -0.15) is 0 Å². The second kappa shape index (κ2) is 7.28. The molecule has 0 saturated heterocycles. The molecule has 1 saturated carbocycles. The standard InChI is InChI=1S/C16H25ClN2O/c1-11-8-19-15(12(2)16(11)20-3)10-18-9-13-5-4-6-14(17)7-13/h8,13-14,18H,4-7,9-10H2,1-3H3. The lowest BCUT2D eigenvalue weighted by molar-refractivity contribution is 0.345. The van der Waals surface area contributed by atoms with E-state index in [1.54, 1.807) is 7.11 Å². The maximum atomic E-state index is 6.23. The van der Waals surface area contributed by atoms with Crippen molar-refractivity contribution in [2.75, 3.05) is 13.7 Å². The molecule has 1 fully saturated rings. The van der Waals surface area contributed by atoms with Gasteiger partial charge < -0.3 is 10.1 Å². The van der Waals surface area contributed by atoms with Crippen LogP contribution in [0.2, 0.25) is 0 Å². The van der Waals surface area contributed by atoms with Crippen molar-refractivity contribution < 1.29 is 4.74 Å². The van der Waals surface area contributed by atoms with Gasteiger partial charge in [0.05, 0.1) is 12.8 Å². The Kier molecular flexibility index (Phi) is 5.67. The fourth-order valence-corrected chi connectivity index (χ4v) is 3.46. The molecule has 1 heterocycles. The van der Waals surface area contributed by atoms with Crippen molar-refractivity contribution in [2.24, 2.45) is 5.92 Å². The van der Waals surface area contributed by atoms with E-state index in [-0.39, 0.29) is 0 Å². The van der Waals surface area contributed by atoms with Crippen LogP contribution in [0.25, 0.3) is 0 Å². The highest BCUT2D eigenvalue weighted by molar-refractivity contribution is 6.20. The second-order valence-electron chi connectivity index (χ2n) is 5.81. The number of hydrogen-bond acceptors (Lipinski definition) is 3. The molecule has 4 heteroatoms. The molecule has 0 amide bonds. The minimum absolute atomic E-state index is 0.370. The van der Waals surface area contributed by atoms with Crippen molar-refractivity contribution in [2.45, 2.75) is 51.5 Å². The number of halogens is 1. The van der Waals surface area contributed by atoms with Gasteiger partial charge >= 0.3 is 0 Å². The van der Waals surface area contributed by atoms with E-state index in [0.29, 0.717) is 11.3 Å². The Balaban J connectivity index is 1.88. The number of ether oxygens (including phenoxy) is 1. The number of rotatable bonds is 5. The first kappa shape index (κ1) is 15.6. The maximum Gasteiger partial charge on any atom is 0.128 e. The summed E-state index contributed by atoms with van der Waals surface area (Å²) in [4.78, 5) is 4.52. The Bertz CT molecular complexity index is 450. The van der Waals surface area contributed by atoms with Crippen molar-refractivity contribution in [3.63, 3.8) is 0 Å². The van der Waals surface area contributed by atoms with Crippen LogP contribution in [0.5, 0.6) is 5.75 Å². The average Bonchev–Trinajstić information content (AvgIpc) is 2.42. The fourth-order valence-electron chi connectivity index (χ4n) is 3.05. The summed E-state index contributed by atoms with van der Waals surface area (Å²) in [6.07, 6.45) is 6.75. The van der Waals surface area contributed by atoms with E-state index in [4.69, 9.17) is 16.3 Å². The number of hydrogen-bond donors (Lipinski definition) is 1. The van der Waals surface area contributed by atoms with Gasteiger partial charge in [0, 0.05) is 29.2 Å². The molecule has 1 aliphatic rings. The van der Waals surface area contributed by atoms with Crippen LogP contribution in [0.15, 0.2) is 6.20 Å². The zero-order chi connectivity index (χ0) is 14.5. The molecule has 112 valence electrons. The highest BCUT2D eigenvalue weighted by Gasteiger charge is 2.20. The summed E-state index contributed by atoms with van der Waals surface area (Å²) in [5.41, 5.74) is 3.30. The number of pyridine rings is 1. The Morgan fingerprint density at radius 1 is 1.40 bits per heavy atom. The Morgan fingerprint density at radius 2 is 2.20 bits per heavy atom. The number of nitrogens with zero attached hydrogens (tertiary/aromatic N) is 1. The summed E-state index contributed by atoms with van der Waals surface area (Å²) in [5.74, 6) is 1.66. The van der Waals surface area contributed by atoms with E-state index in [9.17, 15) is 0 Å². The minimum atomic E-state index is 0.370. The molecule has 0 aromatic carbocycles. The summed E-state index contributed by atoms with van der Waals surface area (Å²) in [6.45, 7) is 5.93. The largest absolute Gasteiger partial charge is 0.496 e. The van der Waals surface area contributed by atoms with E-state index in [1.165, 1.54) is 19.3 Å². The Labute approximate surface area is 127 Å². The third-order valence-electron chi connectivity index (χ3n) is 4.19. The number of alkyl halides is 1. The van der Waals surface area contributed by atoms with E-state index in [2.05, 4.69) is 17.2 Å². The van der Waals surface area contributed by atoms with Gasteiger partial charge in [-0.05, 0) is 45.6 Å². The van der Waals surface area contributed by atoms with Crippen LogP contribution in [-0.2, 0) is 6.54 Å². The van der Waals surface area contributed by atoms with Crippen LogP contribution in [0.4, 0.5) is 0 Å². The van der Waals surface area contributed by atoms with Crippen molar-refractivity contribution in [3.05, 3.63) is 23.0 Å². The van der Waals surface area contributed by atoms with Crippen LogP contribution >= 0.6 is 11.6 Å². The highest BCUT2D eigenvalue weighted by Crippen LogP contribution is 2.27. The number of nitrogens with one attached hydrogen (secondary N) is 1. The maximum absolute atomic E-state index is 6.23. The summed E-state index contributed by atoms with van der Waals surface area (Å²) in [6, 6.07) is 0. The van der Waals surface area contributed by atoms with Gasteiger partial charge in [-0.3, -0.25) is 4.98 Å². The smallest absolute Gasteiger partial charge is 0.128 e. The molecule has 0 radical (unpaired) electrons. The van der Waals surface area contributed by atoms with Crippen molar-refractivity contribution in [3.8, 4) is 5.75 Å². The van der Waals surface area contributed by atoms with Crippen molar-refractivity contribution in [1.82, 2.24) is 10.3 Å². The molecule has 20 heavy (non-hydrogen) atoms. The van der Waals surface area contributed by atoms with Crippen LogP contribution in [0.1, 0.15) is 42.5 Å². The number of methoxy groups -OCH3 is 1. The predicted octanol–water partition coefficient (Wildman–Crippen LogP) is 3.59. The molecule has 1 aromatic heterocycles. The van der Waals surface area contributed by atoms with Crippen LogP contribution in [-0.4, -0.2) is 24.0 Å². The van der Waals surface area contributed by atoms with E-state index >= 15 is 0 Å². The molecule has 3 nitrogen and oxygen atoms in total. The molecular weight excluding hydrogens is 272 g/mol. The molecular formula is C16H25ClN2O. The van der Waals surface area contributed by atoms with Crippen molar-refractivity contribution in [1.29, 1.82) is 0 Å². The van der Waals surface area contributed by atoms with E-state index < -0.39 is 0 Å². The first-order valence-corrected chi connectivity index (χ1v) is 7.89. The molecule has 0 bridgehead atoms. The predicted molar refractivity (Wildman–Crippen MR) is 83.6 cm³/mol. The van der Waals surface area contributed by atoms with Gasteiger partial charge in [-0.25, -0.2) is 0 Å². The lowest BCUT2D eigenvalue weighted by Gasteiger charge is -2.25. The Hall–Kier alpha value is -0.800. The van der Waals surface area contributed by atoms with Gasteiger partial charge in [0.25, 0.3) is 0 Å². The molecule has 2 unspecified atom stereocenters. The van der Waals surface area contributed by atoms with E-state index in [1.807, 2.05) is 13.1 Å². The summed E-state index contributed by atoms with van der Waals surface area (Å²) < 4.78 is 5.44. The van der Waals surface area contributed by atoms with Gasteiger partial charge in [-0.1, -0.05) is 6.42 Å². The molecule has 1 aromatic rings. The summed E-state index contributed by atoms with van der Waals surface area (Å²) in [5, 5.41) is 3.90. The van der Waals surface area contributed by atoms with Crippen LogP contribution in [0.3, 0.4) is 0 Å².